The van der Waals surface area contributed by atoms with E-state index in [1.54, 1.807) is 12.1 Å². The van der Waals surface area contributed by atoms with Crippen molar-refractivity contribution in [2.45, 2.75) is 13.5 Å². The molecule has 0 atom stereocenters. The molecule has 0 radical (unpaired) electrons. The first-order valence-corrected chi connectivity index (χ1v) is 6.45. The number of carbonyl (C=O) groups excluding carboxylic acids is 1. The SMILES string of the molecule is CCOc1ccc(CNC(=O)c2ccccc2F)cc1. The van der Waals surface area contributed by atoms with E-state index in [4.69, 9.17) is 4.74 Å². The number of hydrogen-bond donors (Lipinski definition) is 1. The van der Waals surface area contributed by atoms with E-state index in [9.17, 15) is 9.18 Å². The zero-order valence-corrected chi connectivity index (χ0v) is 11.2. The molecule has 0 spiro atoms. The lowest BCUT2D eigenvalue weighted by molar-refractivity contribution is 0.0947. The Morgan fingerprint density at radius 1 is 1.15 bits per heavy atom. The van der Waals surface area contributed by atoms with Crippen LogP contribution in [0.4, 0.5) is 4.39 Å². The van der Waals surface area contributed by atoms with Crippen LogP contribution in [0.25, 0.3) is 0 Å². The van der Waals surface area contributed by atoms with Crippen LogP contribution in [0, 0.1) is 5.82 Å². The highest BCUT2D eigenvalue weighted by Gasteiger charge is 2.09. The van der Waals surface area contributed by atoms with Crippen LogP contribution in [0.15, 0.2) is 48.5 Å². The molecular weight excluding hydrogens is 257 g/mol. The second kappa shape index (κ2) is 6.70. The third-order valence-electron chi connectivity index (χ3n) is 2.81. The first-order valence-electron chi connectivity index (χ1n) is 6.45. The summed E-state index contributed by atoms with van der Waals surface area (Å²) in [7, 11) is 0. The fourth-order valence-electron chi connectivity index (χ4n) is 1.79. The Morgan fingerprint density at radius 3 is 2.50 bits per heavy atom. The van der Waals surface area contributed by atoms with E-state index in [0.717, 1.165) is 11.3 Å². The van der Waals surface area contributed by atoms with Crippen molar-refractivity contribution in [3.05, 3.63) is 65.5 Å². The van der Waals surface area contributed by atoms with Crippen LogP contribution in [0.3, 0.4) is 0 Å². The maximum Gasteiger partial charge on any atom is 0.254 e. The molecule has 0 heterocycles. The molecule has 0 aliphatic carbocycles. The molecule has 1 amide bonds. The molecule has 4 heteroatoms. The van der Waals surface area contributed by atoms with Crippen molar-refractivity contribution in [1.82, 2.24) is 5.32 Å². The van der Waals surface area contributed by atoms with Gasteiger partial charge < -0.3 is 10.1 Å². The van der Waals surface area contributed by atoms with E-state index in [2.05, 4.69) is 5.32 Å². The van der Waals surface area contributed by atoms with Gasteiger partial charge in [-0.2, -0.15) is 0 Å². The number of amides is 1. The number of carbonyl (C=O) groups is 1. The summed E-state index contributed by atoms with van der Waals surface area (Å²) in [6.45, 7) is 2.88. The largest absolute Gasteiger partial charge is 0.494 e. The van der Waals surface area contributed by atoms with E-state index < -0.39 is 11.7 Å². The van der Waals surface area contributed by atoms with Gasteiger partial charge in [-0.1, -0.05) is 24.3 Å². The molecule has 0 bridgehead atoms. The smallest absolute Gasteiger partial charge is 0.254 e. The van der Waals surface area contributed by atoms with Crippen molar-refractivity contribution in [3.63, 3.8) is 0 Å². The summed E-state index contributed by atoms with van der Waals surface area (Å²) in [6.07, 6.45) is 0. The Balaban J connectivity index is 1.95. The van der Waals surface area contributed by atoms with Crippen LogP contribution in [-0.4, -0.2) is 12.5 Å². The number of rotatable bonds is 5. The lowest BCUT2D eigenvalue weighted by Gasteiger charge is -2.07. The fourth-order valence-corrected chi connectivity index (χ4v) is 1.79. The summed E-state index contributed by atoms with van der Waals surface area (Å²) in [6, 6.07) is 13.3. The Kier molecular flexibility index (Phi) is 4.71. The van der Waals surface area contributed by atoms with Gasteiger partial charge in [-0.3, -0.25) is 4.79 Å². The summed E-state index contributed by atoms with van der Waals surface area (Å²) in [5.41, 5.74) is 0.983. The van der Waals surface area contributed by atoms with Crippen molar-refractivity contribution in [1.29, 1.82) is 0 Å². The summed E-state index contributed by atoms with van der Waals surface area (Å²) in [4.78, 5) is 11.8. The molecule has 0 saturated carbocycles. The van der Waals surface area contributed by atoms with Gasteiger partial charge in [-0.05, 0) is 36.8 Å². The Labute approximate surface area is 117 Å². The van der Waals surface area contributed by atoms with Crippen molar-refractivity contribution in [2.24, 2.45) is 0 Å². The highest BCUT2D eigenvalue weighted by atomic mass is 19.1. The first kappa shape index (κ1) is 14.1. The average Bonchev–Trinajstić information content (AvgIpc) is 2.47. The van der Waals surface area contributed by atoms with Crippen LogP contribution in [0.5, 0.6) is 5.75 Å². The maximum atomic E-state index is 13.4. The maximum absolute atomic E-state index is 13.4. The van der Waals surface area contributed by atoms with Gasteiger partial charge in [-0.15, -0.1) is 0 Å². The normalized spacial score (nSPS) is 10.1. The number of nitrogens with one attached hydrogen (secondary N) is 1. The van der Waals surface area contributed by atoms with Gasteiger partial charge in [0.1, 0.15) is 11.6 Å². The second-order valence-electron chi connectivity index (χ2n) is 4.24. The van der Waals surface area contributed by atoms with Gasteiger partial charge in [-0.25, -0.2) is 4.39 Å². The monoisotopic (exact) mass is 273 g/mol. The minimum absolute atomic E-state index is 0.0541. The van der Waals surface area contributed by atoms with Gasteiger partial charge in [0.05, 0.1) is 12.2 Å². The Bertz CT molecular complexity index is 581. The Morgan fingerprint density at radius 2 is 1.85 bits per heavy atom. The molecular formula is C16H16FNO2. The zero-order chi connectivity index (χ0) is 14.4. The molecule has 0 aliphatic heterocycles. The third kappa shape index (κ3) is 3.57. The predicted molar refractivity (Wildman–Crippen MR) is 75.2 cm³/mol. The van der Waals surface area contributed by atoms with Gasteiger partial charge >= 0.3 is 0 Å². The fraction of sp³-hybridized carbons (Fsp3) is 0.188. The van der Waals surface area contributed by atoms with Gasteiger partial charge in [0, 0.05) is 6.54 Å². The molecule has 0 fully saturated rings. The van der Waals surface area contributed by atoms with Gasteiger partial charge in [0.2, 0.25) is 0 Å². The average molecular weight is 273 g/mol. The quantitative estimate of drug-likeness (QED) is 0.908. The van der Waals surface area contributed by atoms with E-state index in [0.29, 0.717) is 13.2 Å². The highest BCUT2D eigenvalue weighted by molar-refractivity contribution is 5.94. The standard InChI is InChI=1S/C16H16FNO2/c1-2-20-13-9-7-12(8-10-13)11-18-16(19)14-5-3-4-6-15(14)17/h3-10H,2,11H2,1H3,(H,18,19). The molecule has 2 rings (SSSR count). The van der Waals surface area contributed by atoms with Crippen LogP contribution < -0.4 is 10.1 Å². The van der Waals surface area contributed by atoms with Gasteiger partial charge in [0.25, 0.3) is 5.91 Å². The first-order chi connectivity index (χ1) is 9.70. The molecule has 104 valence electrons. The van der Waals surface area contributed by atoms with Gasteiger partial charge in [0.15, 0.2) is 0 Å². The van der Waals surface area contributed by atoms with Crippen molar-refractivity contribution in [2.75, 3.05) is 6.61 Å². The van der Waals surface area contributed by atoms with Crippen LogP contribution in [-0.2, 0) is 6.54 Å². The van der Waals surface area contributed by atoms with E-state index >= 15 is 0 Å². The Hall–Kier alpha value is -2.36. The second-order valence-corrected chi connectivity index (χ2v) is 4.24. The number of hydrogen-bond acceptors (Lipinski definition) is 2. The summed E-state index contributed by atoms with van der Waals surface area (Å²) >= 11 is 0. The zero-order valence-electron chi connectivity index (χ0n) is 11.2. The van der Waals surface area contributed by atoms with Crippen molar-refractivity contribution in [3.8, 4) is 5.75 Å². The van der Waals surface area contributed by atoms with Crippen molar-refractivity contribution >= 4 is 5.91 Å². The van der Waals surface area contributed by atoms with Crippen LogP contribution in [0.1, 0.15) is 22.8 Å². The number of ether oxygens (including phenoxy) is 1. The lowest BCUT2D eigenvalue weighted by atomic mass is 10.2. The molecule has 3 nitrogen and oxygen atoms in total. The summed E-state index contributed by atoms with van der Waals surface area (Å²) in [5, 5.41) is 2.69. The molecule has 0 aromatic heterocycles. The molecule has 2 aromatic rings. The summed E-state index contributed by atoms with van der Waals surface area (Å²) in [5.74, 6) is -0.148. The topological polar surface area (TPSA) is 38.3 Å². The number of benzene rings is 2. The van der Waals surface area contributed by atoms with Crippen LogP contribution >= 0.6 is 0 Å². The molecule has 0 unspecified atom stereocenters. The minimum atomic E-state index is -0.517. The number of halogens is 1. The minimum Gasteiger partial charge on any atom is -0.494 e. The third-order valence-corrected chi connectivity index (χ3v) is 2.81. The summed E-state index contributed by atoms with van der Waals surface area (Å²) < 4.78 is 18.8. The highest BCUT2D eigenvalue weighted by Crippen LogP contribution is 2.12. The molecule has 0 saturated heterocycles. The molecule has 1 N–H and O–H groups in total. The molecule has 0 aliphatic rings. The molecule has 2 aromatic carbocycles. The lowest BCUT2D eigenvalue weighted by Crippen LogP contribution is -2.23. The predicted octanol–water partition coefficient (Wildman–Crippen LogP) is 3.15. The van der Waals surface area contributed by atoms with E-state index in [1.807, 2.05) is 31.2 Å². The molecule has 20 heavy (non-hydrogen) atoms. The van der Waals surface area contributed by atoms with Crippen LogP contribution in [0.2, 0.25) is 0 Å². The van der Waals surface area contributed by atoms with E-state index in [1.165, 1.54) is 12.1 Å². The van der Waals surface area contributed by atoms with E-state index in [-0.39, 0.29) is 5.56 Å². The van der Waals surface area contributed by atoms with Crippen molar-refractivity contribution < 1.29 is 13.9 Å².